The van der Waals surface area contributed by atoms with Crippen LogP contribution in [0, 0.1) is 11.2 Å². The van der Waals surface area contributed by atoms with Crippen LogP contribution >= 0.6 is 11.3 Å². The Morgan fingerprint density at radius 2 is 2.00 bits per heavy atom. The molecule has 2 aromatic rings. The Balaban J connectivity index is 1.28. The number of hydrogen-bond acceptors (Lipinski definition) is 5. The number of anilines is 1. The van der Waals surface area contributed by atoms with Crippen LogP contribution in [-0.2, 0) is 9.53 Å². The van der Waals surface area contributed by atoms with Gasteiger partial charge in [0.25, 0.3) is 0 Å². The van der Waals surface area contributed by atoms with Gasteiger partial charge in [-0.3, -0.25) is 9.69 Å². The fourth-order valence-corrected chi connectivity index (χ4v) is 5.04. The highest BCUT2D eigenvalue weighted by Gasteiger charge is 2.45. The van der Waals surface area contributed by atoms with Crippen LogP contribution in [0.25, 0.3) is 11.3 Å². The molecular weight excluding hydrogens is 377 g/mol. The molecule has 1 spiro atoms. The maximum atomic E-state index is 13.1. The van der Waals surface area contributed by atoms with E-state index in [4.69, 9.17) is 4.74 Å². The first-order chi connectivity index (χ1) is 13.3. The average molecular weight is 404 g/mol. The first kappa shape index (κ1) is 19.5. The van der Waals surface area contributed by atoms with Crippen LogP contribution in [0.5, 0.6) is 0 Å². The van der Waals surface area contributed by atoms with Crippen molar-refractivity contribution in [3.8, 4) is 11.3 Å². The van der Waals surface area contributed by atoms with E-state index in [0.29, 0.717) is 11.7 Å². The summed E-state index contributed by atoms with van der Waals surface area (Å²) >= 11 is 1.38. The predicted octanol–water partition coefficient (Wildman–Crippen LogP) is 4.17. The van der Waals surface area contributed by atoms with E-state index < -0.39 is 0 Å². The highest BCUT2D eigenvalue weighted by atomic mass is 32.1. The maximum Gasteiger partial charge on any atom is 0.240 e. The molecular formula is C21H26FN3O2S. The lowest BCUT2D eigenvalue weighted by molar-refractivity contribution is -0.117. The molecule has 5 nitrogen and oxygen atoms in total. The molecule has 2 aliphatic rings. The molecule has 2 saturated heterocycles. The summed E-state index contributed by atoms with van der Waals surface area (Å²) in [5, 5.41) is 5.34. The van der Waals surface area contributed by atoms with Crippen molar-refractivity contribution in [3.63, 3.8) is 0 Å². The first-order valence-electron chi connectivity index (χ1n) is 9.70. The molecule has 0 unspecified atom stereocenters. The van der Waals surface area contributed by atoms with Gasteiger partial charge in [-0.05, 0) is 75.9 Å². The van der Waals surface area contributed by atoms with Crippen molar-refractivity contribution >= 4 is 22.4 Å². The third kappa shape index (κ3) is 4.42. The summed E-state index contributed by atoms with van der Waals surface area (Å²) in [5.74, 6) is -0.317. The van der Waals surface area contributed by atoms with Crippen molar-refractivity contribution in [2.45, 2.75) is 38.7 Å². The fraction of sp³-hybridized carbons (Fsp3) is 0.524. The van der Waals surface area contributed by atoms with Gasteiger partial charge in [-0.25, -0.2) is 9.37 Å². The Hall–Kier alpha value is -1.83. The number of nitrogens with zero attached hydrogens (tertiary/aromatic N) is 2. The number of carbonyl (C=O) groups is 1. The Bertz CT molecular complexity index is 842. The number of benzene rings is 1. The third-order valence-electron chi connectivity index (χ3n) is 5.74. The van der Waals surface area contributed by atoms with E-state index in [1.807, 2.05) is 5.38 Å². The van der Waals surface area contributed by atoms with Crippen molar-refractivity contribution in [1.82, 2.24) is 9.88 Å². The highest BCUT2D eigenvalue weighted by Crippen LogP contribution is 2.46. The minimum absolute atomic E-state index is 0.0212. The smallest absolute Gasteiger partial charge is 0.240 e. The van der Waals surface area contributed by atoms with Gasteiger partial charge >= 0.3 is 0 Å². The van der Waals surface area contributed by atoms with Gasteiger partial charge in [-0.1, -0.05) is 0 Å². The zero-order chi connectivity index (χ0) is 19.8. The van der Waals surface area contributed by atoms with Gasteiger partial charge < -0.3 is 10.1 Å². The molecule has 1 amide bonds. The molecule has 28 heavy (non-hydrogen) atoms. The van der Waals surface area contributed by atoms with Crippen LogP contribution in [0.4, 0.5) is 9.52 Å². The number of ether oxygens (including phenoxy) is 1. The van der Waals surface area contributed by atoms with Crippen molar-refractivity contribution in [2.24, 2.45) is 5.41 Å². The zero-order valence-corrected chi connectivity index (χ0v) is 17.2. The Labute approximate surface area is 168 Å². The molecule has 1 aromatic carbocycles. The standard InChI is InChI=1S/C21H26FN3O2S/c1-20(2)13-21(14-27-20)7-9-25(10-8-21)11-18(26)24-19-23-17(12-28-19)15-3-5-16(22)6-4-15/h3-6,12H,7-11,13-14H2,1-2H3,(H,23,24,26). The quantitative estimate of drug-likeness (QED) is 0.833. The lowest BCUT2D eigenvalue weighted by Crippen LogP contribution is -2.44. The molecule has 1 aromatic heterocycles. The summed E-state index contributed by atoms with van der Waals surface area (Å²) in [6.45, 7) is 7.39. The summed E-state index contributed by atoms with van der Waals surface area (Å²) in [4.78, 5) is 19.1. The van der Waals surface area contributed by atoms with Crippen molar-refractivity contribution in [2.75, 3.05) is 31.6 Å². The largest absolute Gasteiger partial charge is 0.375 e. The molecule has 2 fully saturated rings. The number of thiazole rings is 1. The molecule has 3 heterocycles. The zero-order valence-electron chi connectivity index (χ0n) is 16.3. The summed E-state index contributed by atoms with van der Waals surface area (Å²) in [5.41, 5.74) is 1.84. The normalized spacial score (nSPS) is 21.1. The van der Waals surface area contributed by atoms with Gasteiger partial charge in [-0.2, -0.15) is 0 Å². The summed E-state index contributed by atoms with van der Waals surface area (Å²) < 4.78 is 19.0. The van der Waals surface area contributed by atoms with Gasteiger partial charge in [0.05, 0.1) is 24.4 Å². The second kappa shape index (κ2) is 7.54. The summed E-state index contributed by atoms with van der Waals surface area (Å²) in [6.07, 6.45) is 3.26. The van der Waals surface area contributed by atoms with E-state index in [1.54, 1.807) is 12.1 Å². The van der Waals surface area contributed by atoms with E-state index in [1.165, 1.54) is 23.5 Å². The molecule has 150 valence electrons. The number of hydrogen-bond donors (Lipinski definition) is 1. The van der Waals surface area contributed by atoms with Crippen molar-refractivity contribution in [3.05, 3.63) is 35.5 Å². The number of amides is 1. The van der Waals surface area contributed by atoms with E-state index in [-0.39, 0.29) is 22.7 Å². The van der Waals surface area contributed by atoms with E-state index in [2.05, 4.69) is 29.0 Å². The van der Waals surface area contributed by atoms with Gasteiger partial charge in [-0.15, -0.1) is 11.3 Å². The second-order valence-corrected chi connectivity index (χ2v) is 9.45. The number of nitrogens with one attached hydrogen (secondary N) is 1. The average Bonchev–Trinajstić information content (AvgIpc) is 3.22. The van der Waals surface area contributed by atoms with Gasteiger partial charge in [0.2, 0.25) is 5.91 Å². The Morgan fingerprint density at radius 3 is 2.64 bits per heavy atom. The molecule has 2 aliphatic heterocycles. The second-order valence-electron chi connectivity index (χ2n) is 8.59. The molecule has 7 heteroatoms. The number of rotatable bonds is 4. The maximum absolute atomic E-state index is 13.1. The van der Waals surface area contributed by atoms with E-state index in [0.717, 1.165) is 50.2 Å². The minimum atomic E-state index is -0.274. The fourth-order valence-electron chi connectivity index (χ4n) is 4.31. The van der Waals surface area contributed by atoms with Crippen LogP contribution in [-0.4, -0.2) is 47.6 Å². The van der Waals surface area contributed by atoms with Gasteiger partial charge in [0, 0.05) is 10.9 Å². The number of likely N-dealkylation sites (tertiary alicyclic amines) is 1. The van der Waals surface area contributed by atoms with E-state index in [9.17, 15) is 9.18 Å². The number of aromatic nitrogens is 1. The molecule has 0 atom stereocenters. The highest BCUT2D eigenvalue weighted by molar-refractivity contribution is 7.14. The molecule has 4 rings (SSSR count). The number of halogens is 1. The van der Waals surface area contributed by atoms with Crippen LogP contribution in [0.2, 0.25) is 0 Å². The van der Waals surface area contributed by atoms with Crippen LogP contribution < -0.4 is 5.32 Å². The molecule has 0 radical (unpaired) electrons. The summed E-state index contributed by atoms with van der Waals surface area (Å²) in [6, 6.07) is 6.19. The number of carbonyl (C=O) groups excluding carboxylic acids is 1. The van der Waals surface area contributed by atoms with Crippen LogP contribution in [0.3, 0.4) is 0 Å². The topological polar surface area (TPSA) is 54.5 Å². The molecule has 0 aliphatic carbocycles. The Kier molecular flexibility index (Phi) is 5.24. The molecule has 0 bridgehead atoms. The van der Waals surface area contributed by atoms with Crippen molar-refractivity contribution in [1.29, 1.82) is 0 Å². The van der Waals surface area contributed by atoms with E-state index >= 15 is 0 Å². The van der Waals surface area contributed by atoms with Gasteiger partial charge in [0.1, 0.15) is 5.82 Å². The minimum Gasteiger partial charge on any atom is -0.375 e. The van der Waals surface area contributed by atoms with Crippen molar-refractivity contribution < 1.29 is 13.9 Å². The molecule has 0 saturated carbocycles. The molecule has 1 N–H and O–H groups in total. The van der Waals surface area contributed by atoms with Crippen LogP contribution in [0.1, 0.15) is 33.1 Å². The Morgan fingerprint density at radius 1 is 1.29 bits per heavy atom. The lowest BCUT2D eigenvalue weighted by atomic mass is 9.74. The number of piperidine rings is 1. The third-order valence-corrected chi connectivity index (χ3v) is 6.50. The monoisotopic (exact) mass is 403 g/mol. The summed E-state index contributed by atoms with van der Waals surface area (Å²) in [7, 11) is 0. The van der Waals surface area contributed by atoms with Crippen LogP contribution in [0.15, 0.2) is 29.6 Å². The van der Waals surface area contributed by atoms with Gasteiger partial charge in [0.15, 0.2) is 5.13 Å². The lowest BCUT2D eigenvalue weighted by Gasteiger charge is -2.38. The predicted molar refractivity (Wildman–Crippen MR) is 109 cm³/mol. The SMILES string of the molecule is CC1(C)CC2(CCN(CC(=O)Nc3nc(-c4ccc(F)cc4)cs3)CC2)CO1. The first-order valence-corrected chi connectivity index (χ1v) is 10.6.